The molecule has 0 N–H and O–H groups in total. The van der Waals surface area contributed by atoms with Crippen LogP contribution in [0.4, 0.5) is 48.3 Å². The largest absolute Gasteiger partial charge is 0.462 e. The van der Waals surface area contributed by atoms with Gasteiger partial charge in [-0.15, -0.1) is 0 Å². The maximum atomic E-state index is 13.7. The molecule has 0 aliphatic heterocycles. The first-order chi connectivity index (χ1) is 10.6. The Bertz CT molecular complexity index is 489. The van der Waals surface area contributed by atoms with Gasteiger partial charge < -0.3 is 4.74 Å². The first-order valence-corrected chi connectivity index (χ1v) is 6.04. The summed E-state index contributed by atoms with van der Waals surface area (Å²) < 4.78 is 144. The molecule has 0 amide bonds. The van der Waals surface area contributed by atoms with Crippen molar-refractivity contribution in [3.8, 4) is 0 Å². The van der Waals surface area contributed by atoms with E-state index in [-0.39, 0.29) is 0 Å². The maximum absolute atomic E-state index is 13.7. The molecule has 0 rings (SSSR count). The highest BCUT2D eigenvalue weighted by Gasteiger charge is 2.80. The van der Waals surface area contributed by atoms with E-state index < -0.39 is 48.2 Å². The summed E-state index contributed by atoms with van der Waals surface area (Å²) in [6.07, 6.45) is -20.9. The fourth-order valence-corrected chi connectivity index (χ4v) is 0.996. The monoisotopic (exact) mass is 400 g/mol. The smallest absolute Gasteiger partial charge is 0.461 e. The molecule has 0 saturated heterocycles. The average Bonchev–Trinajstić information content (AvgIpc) is 2.31. The lowest BCUT2D eigenvalue weighted by atomic mass is 9.99. The van der Waals surface area contributed by atoms with Gasteiger partial charge in [0, 0.05) is 0 Å². The van der Waals surface area contributed by atoms with Crippen LogP contribution >= 0.6 is 0 Å². The van der Waals surface area contributed by atoms with Crippen LogP contribution in [0.5, 0.6) is 0 Å². The van der Waals surface area contributed by atoms with Crippen LogP contribution in [0.15, 0.2) is 0 Å². The van der Waals surface area contributed by atoms with Crippen molar-refractivity contribution in [2.75, 3.05) is 6.61 Å². The zero-order valence-corrected chi connectivity index (χ0v) is 12.6. The Hall–Kier alpha value is -1.34. The Balaban J connectivity index is 5.82. The number of esters is 1. The summed E-state index contributed by atoms with van der Waals surface area (Å²) in [5, 5.41) is 0. The molecule has 14 heteroatoms. The molecule has 150 valence electrons. The number of ether oxygens (including phenoxy) is 2. The fourth-order valence-electron chi connectivity index (χ4n) is 0.996. The highest BCUT2D eigenvalue weighted by Crippen LogP contribution is 2.51. The first-order valence-electron chi connectivity index (χ1n) is 6.04. The predicted octanol–water partition coefficient (Wildman–Crippen LogP) is 4.61. The van der Waals surface area contributed by atoms with Gasteiger partial charge >= 0.3 is 36.2 Å². The Kier molecular flexibility index (Phi) is 6.09. The van der Waals surface area contributed by atoms with Gasteiger partial charge in [-0.3, -0.25) is 4.74 Å². The van der Waals surface area contributed by atoms with Crippen LogP contribution in [0, 0.1) is 5.41 Å². The van der Waals surface area contributed by atoms with Crippen molar-refractivity contribution in [1.82, 2.24) is 0 Å². The van der Waals surface area contributed by atoms with Crippen molar-refractivity contribution in [2.45, 2.75) is 51.0 Å². The molecule has 0 radical (unpaired) electrons. The van der Waals surface area contributed by atoms with Crippen molar-refractivity contribution in [3.05, 3.63) is 0 Å². The third-order valence-corrected chi connectivity index (χ3v) is 2.25. The minimum Gasteiger partial charge on any atom is -0.461 e. The molecule has 0 bridgehead atoms. The molecular weight excluding hydrogens is 389 g/mol. The number of carbonyl (C=O) groups excluding carboxylic acids is 1. The van der Waals surface area contributed by atoms with E-state index >= 15 is 0 Å². The molecule has 0 saturated carbocycles. The molecule has 0 spiro atoms. The number of hydrogen-bond acceptors (Lipinski definition) is 3. The molecule has 0 aromatic heterocycles. The Morgan fingerprint density at radius 1 is 0.760 bits per heavy atom. The van der Waals surface area contributed by atoms with Gasteiger partial charge in [0.25, 0.3) is 0 Å². The summed E-state index contributed by atoms with van der Waals surface area (Å²) in [5.74, 6) is -16.8. The van der Waals surface area contributed by atoms with Gasteiger partial charge in [0.2, 0.25) is 0 Å². The predicted molar refractivity (Wildman–Crippen MR) is 57.3 cm³/mol. The molecule has 3 nitrogen and oxygen atoms in total. The summed E-state index contributed by atoms with van der Waals surface area (Å²) in [6.45, 7) is 2.70. The molecule has 25 heavy (non-hydrogen) atoms. The van der Waals surface area contributed by atoms with Crippen LogP contribution in [0.25, 0.3) is 0 Å². The van der Waals surface area contributed by atoms with Gasteiger partial charge in [-0.2, -0.15) is 48.3 Å². The van der Waals surface area contributed by atoms with Crippen LogP contribution in [0.1, 0.15) is 20.8 Å². The standard InChI is InChI=1S/C11H11F11O3/c1-6(2,3)4-24-5(23)7(12,9(15,16)17)25-11(21,22)8(13,14)10(18,19)20/h4H2,1-3H3. The third kappa shape index (κ3) is 5.07. The lowest BCUT2D eigenvalue weighted by Gasteiger charge is -2.34. The van der Waals surface area contributed by atoms with E-state index in [0.717, 1.165) is 0 Å². The first kappa shape index (κ1) is 23.7. The maximum Gasteiger partial charge on any atom is 0.462 e. The van der Waals surface area contributed by atoms with E-state index in [9.17, 15) is 53.1 Å². The number of rotatable bonds is 5. The van der Waals surface area contributed by atoms with E-state index in [2.05, 4.69) is 4.74 Å². The molecular formula is C11H11F11O3. The highest BCUT2D eigenvalue weighted by molar-refractivity contribution is 5.79. The van der Waals surface area contributed by atoms with Gasteiger partial charge in [0.05, 0.1) is 6.61 Å². The van der Waals surface area contributed by atoms with Crippen LogP contribution in [0.2, 0.25) is 0 Å². The van der Waals surface area contributed by atoms with E-state index in [1.54, 1.807) is 0 Å². The Morgan fingerprint density at radius 2 is 1.16 bits per heavy atom. The van der Waals surface area contributed by atoms with Crippen molar-refractivity contribution in [1.29, 1.82) is 0 Å². The summed E-state index contributed by atoms with van der Waals surface area (Å²) in [5.41, 5.74) is -1.12. The van der Waals surface area contributed by atoms with Crippen LogP contribution in [0.3, 0.4) is 0 Å². The third-order valence-electron chi connectivity index (χ3n) is 2.25. The fraction of sp³-hybridized carbons (Fsp3) is 0.909. The van der Waals surface area contributed by atoms with Crippen molar-refractivity contribution in [2.24, 2.45) is 5.41 Å². The molecule has 0 aromatic carbocycles. The van der Waals surface area contributed by atoms with Crippen molar-refractivity contribution >= 4 is 5.97 Å². The molecule has 0 aliphatic rings. The molecule has 1 unspecified atom stereocenters. The average molecular weight is 400 g/mol. The lowest BCUT2D eigenvalue weighted by molar-refractivity contribution is -0.475. The molecule has 0 heterocycles. The molecule has 1 atom stereocenters. The summed E-state index contributed by atoms with van der Waals surface area (Å²) in [6, 6.07) is 0. The van der Waals surface area contributed by atoms with Crippen molar-refractivity contribution < 1.29 is 62.6 Å². The van der Waals surface area contributed by atoms with Crippen molar-refractivity contribution in [3.63, 3.8) is 0 Å². The topological polar surface area (TPSA) is 35.5 Å². The Labute approximate surface area is 133 Å². The summed E-state index contributed by atoms with van der Waals surface area (Å²) >= 11 is 0. The number of alkyl halides is 11. The number of hydrogen-bond donors (Lipinski definition) is 0. The second kappa shape index (κ2) is 6.43. The SMILES string of the molecule is CC(C)(C)COC(=O)C(F)(OC(F)(F)C(F)(F)C(F)(F)F)C(F)(F)F. The van der Waals surface area contributed by atoms with E-state index in [0.29, 0.717) is 0 Å². The zero-order valence-electron chi connectivity index (χ0n) is 12.6. The van der Waals surface area contributed by atoms with E-state index in [1.165, 1.54) is 20.8 Å². The molecule has 0 aliphatic carbocycles. The van der Waals surface area contributed by atoms with Crippen LogP contribution in [-0.4, -0.2) is 42.8 Å². The number of carbonyl (C=O) groups is 1. The van der Waals surface area contributed by atoms with Gasteiger partial charge in [-0.25, -0.2) is 4.79 Å². The second-order valence-electron chi connectivity index (χ2n) is 5.92. The minimum absolute atomic E-state index is 1.02. The normalized spacial score (nSPS) is 17.2. The van der Waals surface area contributed by atoms with Gasteiger partial charge in [0.15, 0.2) is 0 Å². The van der Waals surface area contributed by atoms with E-state index in [1.807, 2.05) is 4.74 Å². The summed E-state index contributed by atoms with van der Waals surface area (Å²) in [4.78, 5) is 11.1. The quantitative estimate of drug-likeness (QED) is 0.500. The lowest BCUT2D eigenvalue weighted by Crippen LogP contribution is -2.62. The zero-order chi connectivity index (χ0) is 20.7. The molecule has 0 fully saturated rings. The van der Waals surface area contributed by atoms with Crippen LogP contribution < -0.4 is 0 Å². The second-order valence-corrected chi connectivity index (χ2v) is 5.92. The van der Waals surface area contributed by atoms with Gasteiger partial charge in [-0.1, -0.05) is 20.8 Å². The van der Waals surface area contributed by atoms with E-state index in [4.69, 9.17) is 0 Å². The number of halogens is 11. The van der Waals surface area contributed by atoms with Gasteiger partial charge in [0.1, 0.15) is 0 Å². The Morgan fingerprint density at radius 3 is 1.44 bits per heavy atom. The van der Waals surface area contributed by atoms with Gasteiger partial charge in [-0.05, 0) is 5.41 Å². The summed E-state index contributed by atoms with van der Waals surface area (Å²) in [7, 11) is 0. The molecule has 0 aromatic rings. The minimum atomic E-state index is -7.23. The van der Waals surface area contributed by atoms with Crippen LogP contribution in [-0.2, 0) is 14.3 Å². The highest BCUT2D eigenvalue weighted by atomic mass is 19.4.